The summed E-state index contributed by atoms with van der Waals surface area (Å²) in [5.74, 6) is -0.391. The van der Waals surface area contributed by atoms with Gasteiger partial charge in [0, 0.05) is 29.1 Å². The van der Waals surface area contributed by atoms with Gasteiger partial charge >= 0.3 is 5.97 Å². The number of aromatic nitrogens is 1. The molecule has 3 aromatic carbocycles. The molecule has 196 valence electrons. The molecule has 38 heavy (non-hydrogen) atoms. The summed E-state index contributed by atoms with van der Waals surface area (Å²) in [5, 5.41) is 4.32. The molecule has 4 rings (SSSR count). The van der Waals surface area contributed by atoms with Gasteiger partial charge in [-0.25, -0.2) is 4.79 Å². The second kappa shape index (κ2) is 11.4. The summed E-state index contributed by atoms with van der Waals surface area (Å²) in [5.41, 5.74) is 1.26. The minimum atomic E-state index is -1.13. The predicted octanol–water partition coefficient (Wildman–Crippen LogP) is 5.45. The molecule has 1 atom stereocenters. The van der Waals surface area contributed by atoms with Crippen LogP contribution in [0.2, 0.25) is 5.02 Å². The van der Waals surface area contributed by atoms with Gasteiger partial charge in [-0.15, -0.1) is 0 Å². The van der Waals surface area contributed by atoms with Crippen molar-refractivity contribution in [1.29, 1.82) is 0 Å². The number of rotatable bonds is 8. The zero-order valence-corrected chi connectivity index (χ0v) is 22.2. The highest BCUT2D eigenvalue weighted by molar-refractivity contribution is 6.30. The maximum atomic E-state index is 13.6. The van der Waals surface area contributed by atoms with Crippen molar-refractivity contribution in [2.45, 2.75) is 19.4 Å². The summed E-state index contributed by atoms with van der Waals surface area (Å²) < 4.78 is 17.5. The van der Waals surface area contributed by atoms with Gasteiger partial charge < -0.3 is 24.1 Å². The Morgan fingerprint density at radius 3 is 2.29 bits per heavy atom. The van der Waals surface area contributed by atoms with Crippen LogP contribution >= 0.6 is 11.6 Å². The third-order valence-corrected chi connectivity index (χ3v) is 6.46. The Morgan fingerprint density at radius 1 is 0.974 bits per heavy atom. The molecule has 0 aliphatic carbocycles. The van der Waals surface area contributed by atoms with Gasteiger partial charge in [-0.1, -0.05) is 48.9 Å². The van der Waals surface area contributed by atoms with Crippen LogP contribution < -0.4 is 20.3 Å². The van der Waals surface area contributed by atoms with Gasteiger partial charge in [-0.05, 0) is 47.7 Å². The van der Waals surface area contributed by atoms with E-state index in [1.54, 1.807) is 73.7 Å². The fraction of sp³-hybridized carbons (Fsp3) is 0.207. The first-order chi connectivity index (χ1) is 18.3. The van der Waals surface area contributed by atoms with Crippen LogP contribution in [0.3, 0.4) is 0 Å². The Labute approximate surface area is 224 Å². The zero-order valence-electron chi connectivity index (χ0n) is 21.4. The highest BCUT2D eigenvalue weighted by Gasteiger charge is 2.28. The fourth-order valence-electron chi connectivity index (χ4n) is 4.24. The molecule has 0 radical (unpaired) electrons. The lowest BCUT2D eigenvalue weighted by molar-refractivity contribution is -0.124. The van der Waals surface area contributed by atoms with Crippen LogP contribution in [0.25, 0.3) is 21.9 Å². The topological polar surface area (TPSA) is 95.9 Å². The van der Waals surface area contributed by atoms with Crippen LogP contribution in [0.4, 0.5) is 5.69 Å². The number of pyridine rings is 1. The van der Waals surface area contributed by atoms with E-state index in [9.17, 15) is 14.4 Å². The molecule has 1 amide bonds. The molecular weight excluding hydrogens is 508 g/mol. The van der Waals surface area contributed by atoms with E-state index >= 15 is 0 Å². The third-order valence-electron chi connectivity index (χ3n) is 6.21. The second-order valence-corrected chi connectivity index (χ2v) is 8.93. The second-order valence-electron chi connectivity index (χ2n) is 8.50. The van der Waals surface area contributed by atoms with Gasteiger partial charge in [0.05, 0.1) is 19.9 Å². The van der Waals surface area contributed by atoms with Crippen molar-refractivity contribution < 1.29 is 23.8 Å². The number of nitrogens with zero attached hydrogens (tertiary/aromatic N) is 1. The highest BCUT2D eigenvalue weighted by atomic mass is 35.5. The molecule has 0 aliphatic heterocycles. The number of fused-ring (bicyclic) bond motifs is 1. The van der Waals surface area contributed by atoms with Crippen molar-refractivity contribution in [2.75, 3.05) is 19.5 Å². The van der Waals surface area contributed by atoms with Crippen LogP contribution in [0.15, 0.2) is 71.5 Å². The van der Waals surface area contributed by atoms with E-state index in [-0.39, 0.29) is 17.7 Å². The van der Waals surface area contributed by atoms with Gasteiger partial charge in [0.25, 0.3) is 11.5 Å². The van der Waals surface area contributed by atoms with Crippen molar-refractivity contribution in [3.05, 3.63) is 87.8 Å². The third kappa shape index (κ3) is 5.21. The molecule has 0 aliphatic rings. The molecule has 0 spiro atoms. The molecule has 0 saturated heterocycles. The lowest BCUT2D eigenvalue weighted by Gasteiger charge is -2.20. The van der Waals surface area contributed by atoms with Crippen LogP contribution in [0.1, 0.15) is 23.8 Å². The number of halogens is 1. The first-order valence-electron chi connectivity index (χ1n) is 11.9. The van der Waals surface area contributed by atoms with E-state index < -0.39 is 18.0 Å². The smallest absolute Gasteiger partial charge is 0.356 e. The largest absolute Gasteiger partial charge is 0.497 e. The van der Waals surface area contributed by atoms with Crippen LogP contribution in [0.5, 0.6) is 11.5 Å². The van der Waals surface area contributed by atoms with Gasteiger partial charge in [0.2, 0.25) is 0 Å². The van der Waals surface area contributed by atoms with Crippen LogP contribution in [-0.4, -0.2) is 36.8 Å². The van der Waals surface area contributed by atoms with E-state index in [1.807, 2.05) is 0 Å². The van der Waals surface area contributed by atoms with Gasteiger partial charge in [0.15, 0.2) is 6.10 Å². The summed E-state index contributed by atoms with van der Waals surface area (Å²) in [6, 6.07) is 18.9. The molecule has 1 heterocycles. The summed E-state index contributed by atoms with van der Waals surface area (Å²) in [6.07, 6.45) is -0.928. The lowest BCUT2D eigenvalue weighted by atomic mass is 9.96. The molecule has 0 bridgehead atoms. The SMILES string of the molecule is CCC(OC(=O)c1c(-c2ccc(Cl)cc2)c2ccccc2c(=O)n1C)C(=O)Nc1ccc(OC)cc1OC. The minimum absolute atomic E-state index is 0.0318. The van der Waals surface area contributed by atoms with Crippen molar-refractivity contribution >= 4 is 39.9 Å². The molecule has 1 N–H and O–H groups in total. The quantitative estimate of drug-likeness (QED) is 0.302. The molecule has 4 aromatic rings. The maximum Gasteiger partial charge on any atom is 0.356 e. The van der Waals surface area contributed by atoms with Crippen molar-refractivity contribution in [1.82, 2.24) is 4.57 Å². The van der Waals surface area contributed by atoms with Crippen molar-refractivity contribution in [3.8, 4) is 22.6 Å². The summed E-state index contributed by atoms with van der Waals surface area (Å²) >= 11 is 6.10. The standard InChI is InChI=1S/C29H27ClN2O6/c1-5-23(27(33)31-22-15-14-19(36-3)16-24(22)37-4)38-29(35)26-25(17-10-12-18(30)13-11-17)20-8-6-7-9-21(20)28(34)32(26)2/h6-16,23H,5H2,1-4H3,(H,31,33). The van der Waals surface area contributed by atoms with Crippen molar-refractivity contribution in [3.63, 3.8) is 0 Å². The van der Waals surface area contributed by atoms with Gasteiger partial charge in [-0.3, -0.25) is 9.59 Å². The Kier molecular flexibility index (Phi) is 8.02. The Hall–Kier alpha value is -4.30. The molecule has 1 aromatic heterocycles. The predicted molar refractivity (Wildman–Crippen MR) is 147 cm³/mol. The number of methoxy groups -OCH3 is 2. The zero-order chi connectivity index (χ0) is 27.4. The van der Waals surface area contributed by atoms with E-state index in [0.29, 0.717) is 44.1 Å². The number of esters is 1. The fourth-order valence-corrected chi connectivity index (χ4v) is 4.36. The molecular formula is C29H27ClN2O6. The number of amides is 1. The minimum Gasteiger partial charge on any atom is -0.497 e. The monoisotopic (exact) mass is 534 g/mol. The Bertz CT molecular complexity index is 1560. The number of carbonyl (C=O) groups is 2. The highest BCUT2D eigenvalue weighted by Crippen LogP contribution is 2.33. The van der Waals surface area contributed by atoms with Crippen LogP contribution in [-0.2, 0) is 16.6 Å². The van der Waals surface area contributed by atoms with E-state index in [1.165, 1.54) is 25.8 Å². The lowest BCUT2D eigenvalue weighted by Crippen LogP contribution is -2.34. The average molecular weight is 535 g/mol. The Balaban J connectivity index is 1.73. The van der Waals surface area contributed by atoms with Gasteiger partial charge in [0.1, 0.15) is 17.2 Å². The normalized spacial score (nSPS) is 11.6. The number of benzene rings is 3. The van der Waals surface area contributed by atoms with Gasteiger partial charge in [-0.2, -0.15) is 0 Å². The first kappa shape index (κ1) is 26.8. The van der Waals surface area contributed by atoms with E-state index in [4.69, 9.17) is 25.8 Å². The van der Waals surface area contributed by atoms with Crippen LogP contribution in [0, 0.1) is 0 Å². The molecule has 0 saturated carbocycles. The van der Waals surface area contributed by atoms with E-state index in [0.717, 1.165) is 0 Å². The summed E-state index contributed by atoms with van der Waals surface area (Å²) in [7, 11) is 4.51. The van der Waals surface area contributed by atoms with Crippen molar-refractivity contribution in [2.24, 2.45) is 7.05 Å². The number of ether oxygens (including phenoxy) is 3. The maximum absolute atomic E-state index is 13.6. The number of hydrogen-bond acceptors (Lipinski definition) is 6. The summed E-state index contributed by atoms with van der Waals surface area (Å²) in [6.45, 7) is 1.72. The number of nitrogens with one attached hydrogen (secondary N) is 1. The molecule has 9 heteroatoms. The number of hydrogen-bond donors (Lipinski definition) is 1. The summed E-state index contributed by atoms with van der Waals surface area (Å²) in [4.78, 5) is 39.9. The first-order valence-corrected chi connectivity index (χ1v) is 12.3. The molecule has 1 unspecified atom stereocenters. The average Bonchev–Trinajstić information content (AvgIpc) is 2.94. The molecule has 8 nitrogen and oxygen atoms in total. The number of carbonyl (C=O) groups excluding carboxylic acids is 2. The van der Waals surface area contributed by atoms with E-state index in [2.05, 4.69) is 5.32 Å². The molecule has 0 fully saturated rings. The Morgan fingerprint density at radius 2 is 1.66 bits per heavy atom. The number of anilines is 1.